The van der Waals surface area contributed by atoms with Gasteiger partial charge in [0, 0.05) is 13.1 Å². The summed E-state index contributed by atoms with van der Waals surface area (Å²) < 4.78 is 2.93. The molecular weight excluding hydrogens is 381 g/mol. The van der Waals surface area contributed by atoms with Crippen molar-refractivity contribution in [2.24, 2.45) is 0 Å². The summed E-state index contributed by atoms with van der Waals surface area (Å²) in [5, 5.41) is 18.6. The van der Waals surface area contributed by atoms with E-state index in [1.165, 1.54) is 4.90 Å². The van der Waals surface area contributed by atoms with E-state index in [-0.39, 0.29) is 0 Å². The molecule has 0 bridgehead atoms. The van der Waals surface area contributed by atoms with Gasteiger partial charge in [0.2, 0.25) is 0 Å². The van der Waals surface area contributed by atoms with Crippen LogP contribution in [0, 0.1) is 14.9 Å². The molecule has 0 saturated heterocycles. The second kappa shape index (κ2) is 5.41. The maximum Gasteiger partial charge on any atom is 0.407 e. The summed E-state index contributed by atoms with van der Waals surface area (Å²) in [7, 11) is 0. The molecule has 3 rings (SSSR count). The van der Waals surface area contributed by atoms with E-state index in [0.29, 0.717) is 25.2 Å². The van der Waals surface area contributed by atoms with Crippen molar-refractivity contribution < 1.29 is 9.90 Å². The fraction of sp³-hybridized carbons (Fsp3) is 0.200. The number of hydrogen-bond acceptors (Lipinski definition) is 2. The zero-order valence-corrected chi connectivity index (χ0v) is 13.2. The Morgan fingerprint density at radius 3 is 2.62 bits per heavy atom. The minimum atomic E-state index is -0.919. The minimum absolute atomic E-state index is 0.328. The SMILES string of the molecule is N#Cc1c(I)c2n(c1-c1ccccc1)CCN(C(=O)O)C2. The van der Waals surface area contributed by atoms with Crippen molar-refractivity contribution in [1.29, 1.82) is 5.26 Å². The Labute approximate surface area is 135 Å². The topological polar surface area (TPSA) is 69.3 Å². The van der Waals surface area contributed by atoms with Crippen LogP contribution in [0.15, 0.2) is 30.3 Å². The third kappa shape index (κ3) is 2.27. The van der Waals surface area contributed by atoms with Gasteiger partial charge in [0.05, 0.1) is 27.1 Å². The van der Waals surface area contributed by atoms with Crippen LogP contribution in [0.4, 0.5) is 4.79 Å². The predicted octanol–water partition coefficient (Wildman–Crippen LogP) is 3.12. The normalized spacial score (nSPS) is 13.6. The fourth-order valence-corrected chi connectivity index (χ4v) is 3.52. The van der Waals surface area contributed by atoms with Crippen LogP contribution in [0.3, 0.4) is 0 Å². The number of benzene rings is 1. The number of nitriles is 1. The Hall–Kier alpha value is -2.01. The Balaban J connectivity index is 2.18. The lowest BCUT2D eigenvalue weighted by molar-refractivity contribution is 0.133. The number of fused-ring (bicyclic) bond motifs is 1. The van der Waals surface area contributed by atoms with E-state index >= 15 is 0 Å². The van der Waals surface area contributed by atoms with Gasteiger partial charge in [0.25, 0.3) is 0 Å². The van der Waals surface area contributed by atoms with Crippen LogP contribution in [0.25, 0.3) is 11.3 Å². The van der Waals surface area contributed by atoms with Gasteiger partial charge in [-0.15, -0.1) is 0 Å². The van der Waals surface area contributed by atoms with E-state index in [1.807, 2.05) is 30.3 Å². The number of amides is 1. The Morgan fingerprint density at radius 2 is 2.00 bits per heavy atom. The molecule has 0 radical (unpaired) electrons. The third-order valence-corrected chi connectivity index (χ3v) is 4.83. The van der Waals surface area contributed by atoms with Crippen molar-refractivity contribution in [3.63, 3.8) is 0 Å². The van der Waals surface area contributed by atoms with Gasteiger partial charge in [-0.2, -0.15) is 5.26 Å². The summed E-state index contributed by atoms with van der Waals surface area (Å²) in [5.74, 6) is 0. The zero-order chi connectivity index (χ0) is 15.0. The van der Waals surface area contributed by atoms with Crippen LogP contribution < -0.4 is 0 Å². The number of rotatable bonds is 1. The summed E-state index contributed by atoms with van der Waals surface area (Å²) in [4.78, 5) is 12.5. The van der Waals surface area contributed by atoms with Crippen molar-refractivity contribution in [1.82, 2.24) is 9.47 Å². The molecule has 1 aliphatic rings. The molecule has 0 fully saturated rings. The second-order valence-electron chi connectivity index (χ2n) is 4.82. The average Bonchev–Trinajstić information content (AvgIpc) is 2.80. The van der Waals surface area contributed by atoms with E-state index in [9.17, 15) is 10.1 Å². The van der Waals surface area contributed by atoms with Gasteiger partial charge >= 0.3 is 6.09 Å². The fourth-order valence-electron chi connectivity index (χ4n) is 2.68. The quantitative estimate of drug-likeness (QED) is 0.757. The molecule has 21 heavy (non-hydrogen) atoms. The van der Waals surface area contributed by atoms with E-state index in [4.69, 9.17) is 5.11 Å². The van der Waals surface area contributed by atoms with Gasteiger partial charge in [-0.05, 0) is 28.2 Å². The predicted molar refractivity (Wildman–Crippen MR) is 85.7 cm³/mol. The highest BCUT2D eigenvalue weighted by Gasteiger charge is 2.28. The van der Waals surface area contributed by atoms with E-state index < -0.39 is 6.09 Å². The minimum Gasteiger partial charge on any atom is -0.465 e. The highest BCUT2D eigenvalue weighted by Crippen LogP contribution is 2.34. The van der Waals surface area contributed by atoms with Crippen molar-refractivity contribution in [2.75, 3.05) is 6.54 Å². The molecule has 1 N–H and O–H groups in total. The molecule has 5 nitrogen and oxygen atoms in total. The first kappa shape index (κ1) is 13.9. The van der Waals surface area contributed by atoms with Crippen LogP contribution in [0.2, 0.25) is 0 Å². The van der Waals surface area contributed by atoms with Crippen molar-refractivity contribution in [2.45, 2.75) is 13.1 Å². The molecular formula is C15H12IN3O2. The molecule has 0 aliphatic carbocycles. The number of aromatic nitrogens is 1. The summed E-state index contributed by atoms with van der Waals surface area (Å²) in [6, 6.07) is 12.0. The molecule has 0 spiro atoms. The van der Waals surface area contributed by atoms with E-state index in [0.717, 1.165) is 20.5 Å². The number of nitrogens with zero attached hydrogens (tertiary/aromatic N) is 3. The van der Waals surface area contributed by atoms with Gasteiger partial charge in [-0.3, -0.25) is 0 Å². The number of carbonyl (C=O) groups is 1. The van der Waals surface area contributed by atoms with Crippen LogP contribution in [0.1, 0.15) is 11.3 Å². The Kier molecular flexibility index (Phi) is 3.59. The molecule has 2 heterocycles. The second-order valence-corrected chi connectivity index (χ2v) is 5.90. The highest BCUT2D eigenvalue weighted by molar-refractivity contribution is 14.1. The Bertz CT molecular complexity index is 747. The zero-order valence-electron chi connectivity index (χ0n) is 11.1. The Morgan fingerprint density at radius 1 is 1.29 bits per heavy atom. The highest BCUT2D eigenvalue weighted by atomic mass is 127. The smallest absolute Gasteiger partial charge is 0.407 e. The van der Waals surface area contributed by atoms with Crippen molar-refractivity contribution in [3.05, 3.63) is 45.2 Å². The van der Waals surface area contributed by atoms with E-state index in [1.54, 1.807) is 0 Å². The van der Waals surface area contributed by atoms with Crippen molar-refractivity contribution in [3.8, 4) is 17.3 Å². The molecule has 106 valence electrons. The van der Waals surface area contributed by atoms with Crippen molar-refractivity contribution >= 4 is 28.7 Å². The number of carboxylic acid groups (broad SMARTS) is 1. The molecule has 2 aromatic rings. The molecule has 1 aromatic heterocycles. The summed E-state index contributed by atoms with van der Waals surface area (Å²) >= 11 is 2.14. The number of hydrogen-bond donors (Lipinski definition) is 1. The van der Waals surface area contributed by atoms with Crippen LogP contribution >= 0.6 is 22.6 Å². The lowest BCUT2D eigenvalue weighted by Crippen LogP contribution is -2.37. The average molecular weight is 393 g/mol. The van der Waals surface area contributed by atoms with Crippen LogP contribution in [0.5, 0.6) is 0 Å². The van der Waals surface area contributed by atoms with Crippen LogP contribution in [-0.2, 0) is 13.1 Å². The maximum atomic E-state index is 11.2. The lowest BCUT2D eigenvalue weighted by Gasteiger charge is -2.27. The first-order valence-corrected chi connectivity index (χ1v) is 7.55. The van der Waals surface area contributed by atoms with Gasteiger partial charge in [-0.1, -0.05) is 30.3 Å². The molecule has 0 saturated carbocycles. The van der Waals surface area contributed by atoms with E-state index in [2.05, 4.69) is 33.2 Å². The molecule has 1 aromatic carbocycles. The first-order valence-electron chi connectivity index (χ1n) is 6.47. The summed E-state index contributed by atoms with van der Waals surface area (Å²) in [6.45, 7) is 1.34. The summed E-state index contributed by atoms with van der Waals surface area (Å²) in [6.07, 6.45) is -0.919. The standard InChI is InChI=1S/C15H12IN3O2/c16-13-11(8-17)14(10-4-2-1-3-5-10)19-7-6-18(15(20)21)9-12(13)19/h1-5H,6-7,9H2,(H,20,21). The molecule has 6 heteroatoms. The number of halogens is 1. The maximum absolute atomic E-state index is 11.2. The molecule has 1 amide bonds. The first-order chi connectivity index (χ1) is 10.1. The monoisotopic (exact) mass is 393 g/mol. The lowest BCUT2D eigenvalue weighted by atomic mass is 10.1. The van der Waals surface area contributed by atoms with Gasteiger partial charge in [0.15, 0.2) is 0 Å². The molecule has 1 aliphatic heterocycles. The molecule has 0 unspecified atom stereocenters. The van der Waals surface area contributed by atoms with Gasteiger partial charge < -0.3 is 14.6 Å². The third-order valence-electron chi connectivity index (χ3n) is 3.67. The molecule has 0 atom stereocenters. The van der Waals surface area contributed by atoms with Crippen LogP contribution in [-0.4, -0.2) is 27.2 Å². The largest absolute Gasteiger partial charge is 0.465 e. The summed E-state index contributed by atoms with van der Waals surface area (Å²) in [5.41, 5.74) is 3.41. The van der Waals surface area contributed by atoms with Gasteiger partial charge in [0.1, 0.15) is 6.07 Å². The van der Waals surface area contributed by atoms with Gasteiger partial charge in [-0.25, -0.2) is 4.79 Å².